The van der Waals surface area contributed by atoms with Crippen molar-refractivity contribution in [3.05, 3.63) is 47.5 Å². The second-order valence-electron chi connectivity index (χ2n) is 4.54. The number of nitrogens with one attached hydrogen (secondary N) is 1. The van der Waals surface area contributed by atoms with Crippen molar-refractivity contribution < 1.29 is 19.1 Å². The molecule has 1 aromatic rings. The summed E-state index contributed by atoms with van der Waals surface area (Å²) in [6.07, 6.45) is 2.30. The summed E-state index contributed by atoms with van der Waals surface area (Å²) < 4.78 is 9.26. The molecule has 0 aliphatic rings. The van der Waals surface area contributed by atoms with Crippen LogP contribution in [0.4, 0.5) is 4.79 Å². The molecule has 1 atom stereocenters. The average Bonchev–Trinajstić information content (AvgIpc) is 2.52. The van der Waals surface area contributed by atoms with Gasteiger partial charge in [-0.05, 0) is 18.9 Å². The van der Waals surface area contributed by atoms with E-state index in [1.807, 2.05) is 43.3 Å². The molecule has 114 valence electrons. The molecule has 0 aliphatic carbocycles. The lowest BCUT2D eigenvalue weighted by molar-refractivity contribution is -0.140. The average molecular weight is 291 g/mol. The Kier molecular flexibility index (Phi) is 7.01. The molecule has 0 saturated heterocycles. The van der Waals surface area contributed by atoms with E-state index in [0.717, 1.165) is 11.1 Å². The zero-order valence-electron chi connectivity index (χ0n) is 12.6. The van der Waals surface area contributed by atoms with Gasteiger partial charge in [0.05, 0.1) is 20.3 Å². The topological polar surface area (TPSA) is 64.6 Å². The smallest absolute Gasteiger partial charge is 0.407 e. The molecule has 0 bridgehead atoms. The Hall–Kier alpha value is -2.30. The zero-order valence-corrected chi connectivity index (χ0v) is 12.6. The maximum absolute atomic E-state index is 11.5. The van der Waals surface area contributed by atoms with Crippen LogP contribution in [0.1, 0.15) is 31.4 Å². The molecule has 1 aromatic carbocycles. The van der Waals surface area contributed by atoms with Crippen molar-refractivity contribution in [1.29, 1.82) is 0 Å². The number of carbonyl (C=O) groups is 2. The van der Waals surface area contributed by atoms with Gasteiger partial charge in [0, 0.05) is 6.42 Å². The van der Waals surface area contributed by atoms with Crippen molar-refractivity contribution in [2.24, 2.45) is 0 Å². The second-order valence-corrected chi connectivity index (χ2v) is 4.54. The molecule has 1 rings (SSSR count). The number of ether oxygens (including phenoxy) is 2. The van der Waals surface area contributed by atoms with Gasteiger partial charge in [0.25, 0.3) is 0 Å². The minimum absolute atomic E-state index is 0.253. The van der Waals surface area contributed by atoms with E-state index in [9.17, 15) is 9.59 Å². The summed E-state index contributed by atoms with van der Waals surface area (Å²) in [5.74, 6) is -0.253. The van der Waals surface area contributed by atoms with Gasteiger partial charge in [-0.3, -0.25) is 4.79 Å². The molecular weight excluding hydrogens is 270 g/mol. The Morgan fingerprint density at radius 1 is 1.19 bits per heavy atom. The molecule has 0 fully saturated rings. The first-order chi connectivity index (χ1) is 10.1. The SMILES string of the molecule is COC(=O)CC/C=C(\C)C(NC(=O)OC)c1ccccc1. The summed E-state index contributed by atoms with van der Waals surface area (Å²) in [5, 5.41) is 2.79. The molecule has 1 amide bonds. The third-order valence-electron chi connectivity index (χ3n) is 3.08. The Labute approximate surface area is 124 Å². The quantitative estimate of drug-likeness (QED) is 0.646. The van der Waals surface area contributed by atoms with Crippen molar-refractivity contribution in [3.63, 3.8) is 0 Å². The Bertz CT molecular complexity index is 496. The monoisotopic (exact) mass is 291 g/mol. The maximum Gasteiger partial charge on any atom is 0.407 e. The summed E-state index contributed by atoms with van der Waals surface area (Å²) in [5.41, 5.74) is 1.89. The fourth-order valence-corrected chi connectivity index (χ4v) is 1.92. The van der Waals surface area contributed by atoms with Crippen LogP contribution in [0.15, 0.2) is 42.0 Å². The van der Waals surface area contributed by atoms with E-state index in [1.165, 1.54) is 14.2 Å². The lowest BCUT2D eigenvalue weighted by Gasteiger charge is -2.19. The number of esters is 1. The molecule has 0 heterocycles. The Morgan fingerprint density at radius 2 is 1.86 bits per heavy atom. The van der Waals surface area contributed by atoms with Crippen molar-refractivity contribution in [2.45, 2.75) is 25.8 Å². The highest BCUT2D eigenvalue weighted by Crippen LogP contribution is 2.22. The van der Waals surface area contributed by atoms with Gasteiger partial charge in [0.15, 0.2) is 0 Å². The fraction of sp³-hybridized carbons (Fsp3) is 0.375. The van der Waals surface area contributed by atoms with Gasteiger partial charge >= 0.3 is 12.1 Å². The number of alkyl carbamates (subject to hydrolysis) is 1. The standard InChI is InChI=1S/C16H21NO4/c1-12(8-7-11-14(18)20-2)15(17-16(19)21-3)13-9-5-4-6-10-13/h4-6,8-10,15H,7,11H2,1-3H3,(H,17,19)/b12-8+. The molecule has 0 aliphatic heterocycles. The number of carbonyl (C=O) groups excluding carboxylic acids is 2. The molecular formula is C16H21NO4. The predicted molar refractivity (Wildman–Crippen MR) is 79.7 cm³/mol. The summed E-state index contributed by atoms with van der Waals surface area (Å²) in [6, 6.07) is 9.30. The summed E-state index contributed by atoms with van der Waals surface area (Å²) in [6.45, 7) is 1.91. The minimum atomic E-state index is -0.496. The molecule has 0 saturated carbocycles. The van der Waals surface area contributed by atoms with E-state index >= 15 is 0 Å². The van der Waals surface area contributed by atoms with E-state index in [-0.39, 0.29) is 12.0 Å². The number of amides is 1. The number of allylic oxidation sites excluding steroid dienone is 1. The maximum atomic E-state index is 11.5. The third kappa shape index (κ3) is 5.69. The Balaban J connectivity index is 2.82. The number of rotatable bonds is 6. The minimum Gasteiger partial charge on any atom is -0.469 e. The molecule has 0 radical (unpaired) electrons. The van der Waals surface area contributed by atoms with Crippen LogP contribution < -0.4 is 5.32 Å². The van der Waals surface area contributed by atoms with Crippen LogP contribution >= 0.6 is 0 Å². The first-order valence-corrected chi connectivity index (χ1v) is 6.71. The summed E-state index contributed by atoms with van der Waals surface area (Å²) in [7, 11) is 2.69. The van der Waals surface area contributed by atoms with Crippen molar-refractivity contribution >= 4 is 12.1 Å². The first-order valence-electron chi connectivity index (χ1n) is 6.71. The van der Waals surface area contributed by atoms with Crippen LogP contribution in [0.25, 0.3) is 0 Å². The number of hydrogen-bond donors (Lipinski definition) is 1. The van der Waals surface area contributed by atoms with E-state index in [0.29, 0.717) is 12.8 Å². The van der Waals surface area contributed by atoms with Crippen LogP contribution in [-0.2, 0) is 14.3 Å². The third-order valence-corrected chi connectivity index (χ3v) is 3.08. The van der Waals surface area contributed by atoms with Gasteiger partial charge in [-0.15, -0.1) is 0 Å². The van der Waals surface area contributed by atoms with E-state index < -0.39 is 6.09 Å². The van der Waals surface area contributed by atoms with Gasteiger partial charge in [-0.1, -0.05) is 42.0 Å². The molecule has 1 N–H and O–H groups in total. The van der Waals surface area contributed by atoms with Crippen molar-refractivity contribution in [3.8, 4) is 0 Å². The van der Waals surface area contributed by atoms with Gasteiger partial charge in [-0.25, -0.2) is 4.79 Å². The molecule has 0 aromatic heterocycles. The number of methoxy groups -OCH3 is 2. The Morgan fingerprint density at radius 3 is 2.43 bits per heavy atom. The second kappa shape index (κ2) is 8.79. The number of benzene rings is 1. The van der Waals surface area contributed by atoms with Crippen LogP contribution in [0.3, 0.4) is 0 Å². The highest BCUT2D eigenvalue weighted by molar-refractivity contribution is 5.69. The summed E-state index contributed by atoms with van der Waals surface area (Å²) >= 11 is 0. The molecule has 0 spiro atoms. The normalized spacial score (nSPS) is 12.4. The zero-order chi connectivity index (χ0) is 15.7. The lowest BCUT2D eigenvalue weighted by Crippen LogP contribution is -2.29. The lowest BCUT2D eigenvalue weighted by atomic mass is 9.99. The largest absolute Gasteiger partial charge is 0.469 e. The molecule has 1 unspecified atom stereocenters. The van der Waals surface area contributed by atoms with Gasteiger partial charge in [-0.2, -0.15) is 0 Å². The van der Waals surface area contributed by atoms with E-state index in [2.05, 4.69) is 14.8 Å². The van der Waals surface area contributed by atoms with Crippen LogP contribution in [-0.4, -0.2) is 26.3 Å². The highest BCUT2D eigenvalue weighted by atomic mass is 16.5. The molecule has 5 heteroatoms. The van der Waals surface area contributed by atoms with Crippen LogP contribution in [0, 0.1) is 0 Å². The number of hydrogen-bond acceptors (Lipinski definition) is 4. The fourth-order valence-electron chi connectivity index (χ4n) is 1.92. The van der Waals surface area contributed by atoms with Gasteiger partial charge < -0.3 is 14.8 Å². The van der Waals surface area contributed by atoms with E-state index in [4.69, 9.17) is 0 Å². The molecule has 5 nitrogen and oxygen atoms in total. The first kappa shape index (κ1) is 16.8. The highest BCUT2D eigenvalue weighted by Gasteiger charge is 2.16. The summed E-state index contributed by atoms with van der Waals surface area (Å²) in [4.78, 5) is 22.6. The van der Waals surface area contributed by atoms with Crippen molar-refractivity contribution in [2.75, 3.05) is 14.2 Å². The van der Waals surface area contributed by atoms with E-state index in [1.54, 1.807) is 0 Å². The van der Waals surface area contributed by atoms with Gasteiger partial charge in [0.2, 0.25) is 0 Å². The van der Waals surface area contributed by atoms with Crippen LogP contribution in [0.2, 0.25) is 0 Å². The molecule has 21 heavy (non-hydrogen) atoms. The predicted octanol–water partition coefficient (Wildman–Crippen LogP) is 2.98. The van der Waals surface area contributed by atoms with Crippen molar-refractivity contribution in [1.82, 2.24) is 5.32 Å². The van der Waals surface area contributed by atoms with Gasteiger partial charge in [0.1, 0.15) is 0 Å². The van der Waals surface area contributed by atoms with Crippen LogP contribution in [0.5, 0.6) is 0 Å².